The third kappa shape index (κ3) is 2.40. The molecule has 0 N–H and O–H groups in total. The summed E-state index contributed by atoms with van der Waals surface area (Å²) < 4.78 is 5.35. The normalized spacial score (nSPS) is 16.9. The molecule has 18 heavy (non-hydrogen) atoms. The molecule has 0 spiro atoms. The Kier molecular flexibility index (Phi) is 3.30. The summed E-state index contributed by atoms with van der Waals surface area (Å²) in [5.74, 6) is 1.72. The van der Waals surface area contributed by atoms with E-state index in [4.69, 9.17) is 16.1 Å². The van der Waals surface area contributed by atoms with Crippen molar-refractivity contribution < 1.29 is 4.52 Å². The molecular weight excluding hydrogens is 250 g/mol. The number of rotatable bonds is 2. The van der Waals surface area contributed by atoms with Gasteiger partial charge in [0.1, 0.15) is 0 Å². The van der Waals surface area contributed by atoms with Gasteiger partial charge in [-0.15, -0.1) is 0 Å². The van der Waals surface area contributed by atoms with Crippen LogP contribution in [0.3, 0.4) is 0 Å². The average molecular weight is 263 g/mol. The monoisotopic (exact) mass is 262 g/mol. The zero-order valence-corrected chi connectivity index (χ0v) is 10.6. The van der Waals surface area contributed by atoms with Crippen LogP contribution < -0.4 is 5.32 Å². The lowest BCUT2D eigenvalue weighted by Crippen LogP contribution is -2.21. The molecular formula is C13H13ClN3O. The maximum atomic E-state index is 5.85. The molecule has 0 saturated carbocycles. The topological polar surface area (TPSA) is 53.0 Å². The molecule has 2 heterocycles. The van der Waals surface area contributed by atoms with Crippen LogP contribution in [0, 0.1) is 0 Å². The molecule has 1 radical (unpaired) electrons. The van der Waals surface area contributed by atoms with E-state index in [9.17, 15) is 0 Å². The van der Waals surface area contributed by atoms with Crippen LogP contribution in [-0.2, 0) is 0 Å². The number of hydrogen-bond donors (Lipinski definition) is 0. The zero-order valence-electron chi connectivity index (χ0n) is 9.84. The van der Waals surface area contributed by atoms with Gasteiger partial charge < -0.3 is 4.52 Å². The van der Waals surface area contributed by atoms with E-state index in [-0.39, 0.29) is 0 Å². The molecule has 2 aromatic rings. The van der Waals surface area contributed by atoms with E-state index >= 15 is 0 Å². The Hall–Kier alpha value is -1.39. The van der Waals surface area contributed by atoms with Gasteiger partial charge in [-0.1, -0.05) is 16.8 Å². The number of hydrogen-bond acceptors (Lipinski definition) is 3. The van der Waals surface area contributed by atoms with Crippen LogP contribution in [0.2, 0.25) is 5.02 Å². The van der Waals surface area contributed by atoms with Gasteiger partial charge in [-0.3, -0.25) is 0 Å². The van der Waals surface area contributed by atoms with Crippen LogP contribution in [0.1, 0.15) is 24.7 Å². The van der Waals surface area contributed by atoms with E-state index in [0.717, 1.165) is 37.4 Å². The number of benzene rings is 1. The Balaban J connectivity index is 1.82. The SMILES string of the molecule is Clc1ccc(-c2noc(C3CC[N]CC3)n2)cc1. The number of aromatic nitrogens is 2. The van der Waals surface area contributed by atoms with Crippen LogP contribution in [0.15, 0.2) is 28.8 Å². The molecule has 1 aliphatic rings. The summed E-state index contributed by atoms with van der Waals surface area (Å²) in [6, 6.07) is 7.44. The van der Waals surface area contributed by atoms with E-state index in [1.54, 1.807) is 0 Å². The van der Waals surface area contributed by atoms with Gasteiger partial charge in [0.2, 0.25) is 11.7 Å². The van der Waals surface area contributed by atoms with Gasteiger partial charge in [0.25, 0.3) is 0 Å². The smallest absolute Gasteiger partial charge is 0.230 e. The fourth-order valence-electron chi connectivity index (χ4n) is 2.11. The van der Waals surface area contributed by atoms with E-state index in [0.29, 0.717) is 16.8 Å². The van der Waals surface area contributed by atoms with Crippen molar-refractivity contribution in [2.45, 2.75) is 18.8 Å². The largest absolute Gasteiger partial charge is 0.339 e. The van der Waals surface area contributed by atoms with E-state index in [1.165, 1.54) is 0 Å². The minimum Gasteiger partial charge on any atom is -0.339 e. The fourth-order valence-corrected chi connectivity index (χ4v) is 2.24. The highest BCUT2D eigenvalue weighted by Crippen LogP contribution is 2.26. The van der Waals surface area contributed by atoms with Crippen molar-refractivity contribution >= 4 is 11.6 Å². The first-order valence-corrected chi connectivity index (χ1v) is 6.43. The Morgan fingerprint density at radius 3 is 2.56 bits per heavy atom. The van der Waals surface area contributed by atoms with Crippen molar-refractivity contribution in [3.63, 3.8) is 0 Å². The first-order valence-electron chi connectivity index (χ1n) is 6.06. The highest BCUT2D eigenvalue weighted by atomic mass is 35.5. The molecule has 0 bridgehead atoms. The minimum absolute atomic E-state index is 0.357. The van der Waals surface area contributed by atoms with E-state index < -0.39 is 0 Å². The van der Waals surface area contributed by atoms with Crippen molar-refractivity contribution in [3.8, 4) is 11.4 Å². The highest BCUT2D eigenvalue weighted by molar-refractivity contribution is 6.30. The van der Waals surface area contributed by atoms with Gasteiger partial charge in [0.15, 0.2) is 0 Å². The van der Waals surface area contributed by atoms with Crippen molar-refractivity contribution in [1.29, 1.82) is 0 Å². The van der Waals surface area contributed by atoms with Gasteiger partial charge in [-0.25, -0.2) is 5.32 Å². The van der Waals surface area contributed by atoms with Gasteiger partial charge in [0.05, 0.1) is 0 Å². The molecule has 0 amide bonds. The second-order valence-corrected chi connectivity index (χ2v) is 4.84. The van der Waals surface area contributed by atoms with Crippen molar-refractivity contribution in [2.24, 2.45) is 0 Å². The maximum absolute atomic E-state index is 5.85. The van der Waals surface area contributed by atoms with Gasteiger partial charge in [-0.2, -0.15) is 4.98 Å². The summed E-state index contributed by atoms with van der Waals surface area (Å²) in [6.07, 6.45) is 2.00. The minimum atomic E-state index is 0.357. The number of halogens is 1. The zero-order chi connectivity index (χ0) is 12.4. The van der Waals surface area contributed by atoms with Gasteiger partial charge in [0, 0.05) is 29.6 Å². The summed E-state index contributed by atoms with van der Waals surface area (Å²) in [6.45, 7) is 1.78. The molecule has 0 atom stereocenters. The summed E-state index contributed by atoms with van der Waals surface area (Å²) in [7, 11) is 0. The predicted octanol–water partition coefficient (Wildman–Crippen LogP) is 2.87. The predicted molar refractivity (Wildman–Crippen MR) is 68.6 cm³/mol. The molecule has 1 aromatic heterocycles. The molecule has 93 valence electrons. The fraction of sp³-hybridized carbons (Fsp3) is 0.385. The summed E-state index contributed by atoms with van der Waals surface area (Å²) in [4.78, 5) is 4.47. The highest BCUT2D eigenvalue weighted by Gasteiger charge is 2.22. The number of nitrogens with zero attached hydrogens (tertiary/aromatic N) is 3. The van der Waals surface area contributed by atoms with Crippen molar-refractivity contribution in [1.82, 2.24) is 15.5 Å². The van der Waals surface area contributed by atoms with E-state index in [1.807, 2.05) is 24.3 Å². The summed E-state index contributed by atoms with van der Waals surface area (Å²) in [5.41, 5.74) is 0.926. The third-order valence-corrected chi connectivity index (χ3v) is 3.42. The van der Waals surface area contributed by atoms with Crippen LogP contribution >= 0.6 is 11.6 Å². The quantitative estimate of drug-likeness (QED) is 0.836. The number of piperidine rings is 1. The third-order valence-electron chi connectivity index (χ3n) is 3.16. The molecule has 3 rings (SSSR count). The Morgan fingerprint density at radius 2 is 1.83 bits per heavy atom. The lowest BCUT2D eigenvalue weighted by Gasteiger charge is -2.17. The molecule has 1 aliphatic heterocycles. The molecule has 0 aliphatic carbocycles. The Morgan fingerprint density at radius 1 is 1.11 bits per heavy atom. The van der Waals surface area contributed by atoms with Gasteiger partial charge >= 0.3 is 0 Å². The van der Waals surface area contributed by atoms with Crippen LogP contribution in [0.4, 0.5) is 0 Å². The van der Waals surface area contributed by atoms with E-state index in [2.05, 4.69) is 15.5 Å². The molecule has 1 fully saturated rings. The first-order chi connectivity index (χ1) is 8.83. The molecule has 0 unspecified atom stereocenters. The Labute approximate surface area is 110 Å². The van der Waals surface area contributed by atoms with Crippen LogP contribution in [0.5, 0.6) is 0 Å². The summed E-state index contributed by atoms with van der Waals surface area (Å²) >= 11 is 5.85. The van der Waals surface area contributed by atoms with Crippen LogP contribution in [-0.4, -0.2) is 23.2 Å². The lowest BCUT2D eigenvalue weighted by molar-refractivity contribution is 0.319. The standard InChI is InChI=1S/C13H13ClN3O/c14-11-3-1-9(2-4-11)12-16-13(18-17-12)10-5-7-15-8-6-10/h1-4,10H,5-8H2. The Bertz CT molecular complexity index is 517. The molecule has 1 saturated heterocycles. The maximum Gasteiger partial charge on any atom is 0.230 e. The lowest BCUT2D eigenvalue weighted by atomic mass is 9.98. The molecule has 1 aromatic carbocycles. The summed E-state index contributed by atoms with van der Waals surface area (Å²) in [5, 5.41) is 9.06. The van der Waals surface area contributed by atoms with Crippen molar-refractivity contribution in [2.75, 3.05) is 13.1 Å². The van der Waals surface area contributed by atoms with Gasteiger partial charge in [-0.05, 0) is 37.1 Å². The second-order valence-electron chi connectivity index (χ2n) is 4.41. The van der Waals surface area contributed by atoms with Crippen LogP contribution in [0.25, 0.3) is 11.4 Å². The molecule has 5 heteroatoms. The van der Waals surface area contributed by atoms with Crippen molar-refractivity contribution in [3.05, 3.63) is 35.2 Å². The first kappa shape index (κ1) is 11.7. The average Bonchev–Trinajstić information content (AvgIpc) is 2.90. The molecule has 4 nitrogen and oxygen atoms in total. The second kappa shape index (κ2) is 5.08.